The van der Waals surface area contributed by atoms with Gasteiger partial charge in [0.05, 0.1) is 30.9 Å². The smallest absolute Gasteiger partial charge is 0.307 e. The lowest BCUT2D eigenvalue weighted by molar-refractivity contribution is -0.143. The summed E-state index contributed by atoms with van der Waals surface area (Å²) < 4.78 is 5.07. The molecule has 190 valence electrons. The number of hydrogen-bond donors (Lipinski definition) is 1. The Labute approximate surface area is 213 Å². The van der Waals surface area contributed by atoms with E-state index in [1.165, 1.54) is 5.56 Å². The molecule has 0 fully saturated rings. The van der Waals surface area contributed by atoms with Gasteiger partial charge in [0.15, 0.2) is 0 Å². The Hall–Kier alpha value is -3.81. The largest absolute Gasteiger partial charge is 0.466 e. The van der Waals surface area contributed by atoms with E-state index in [2.05, 4.69) is 58.3 Å². The van der Waals surface area contributed by atoms with Crippen LogP contribution in [-0.2, 0) is 9.53 Å². The summed E-state index contributed by atoms with van der Waals surface area (Å²) in [7, 11) is 4.11. The molecule has 0 bridgehead atoms. The van der Waals surface area contributed by atoms with Crippen molar-refractivity contribution in [3.63, 3.8) is 0 Å². The number of aryl methyl sites for hydroxylation is 1. The number of nitrogens with zero attached hydrogens (tertiary/aromatic N) is 4. The average molecular weight is 490 g/mol. The second kappa shape index (κ2) is 11.3. The van der Waals surface area contributed by atoms with Crippen LogP contribution in [0.2, 0.25) is 0 Å². The second-order valence-electron chi connectivity index (χ2n) is 9.10. The number of anilines is 3. The number of carbonyl (C=O) groups excluding carboxylic acids is 2. The Morgan fingerprint density at radius 2 is 1.86 bits per heavy atom. The van der Waals surface area contributed by atoms with Crippen molar-refractivity contribution < 1.29 is 14.3 Å². The van der Waals surface area contributed by atoms with E-state index in [0.717, 1.165) is 30.0 Å². The minimum Gasteiger partial charge on any atom is -0.466 e. The monoisotopic (exact) mass is 489 g/mol. The van der Waals surface area contributed by atoms with Gasteiger partial charge in [-0.25, -0.2) is 0 Å². The number of fused-ring (bicyclic) bond motifs is 1. The normalized spacial score (nSPS) is 16.4. The van der Waals surface area contributed by atoms with Crippen LogP contribution in [0.15, 0.2) is 59.6 Å². The number of likely N-dealkylation sites (N-methyl/N-ethyl adjacent to an activating group) is 2. The van der Waals surface area contributed by atoms with E-state index in [0.29, 0.717) is 24.6 Å². The molecule has 36 heavy (non-hydrogen) atoms. The molecule has 2 aliphatic heterocycles. The standard InChI is InChI=1S/C28H35N5O3/c1-5-36-27(34)15-17-33(25-8-6-7-16-29-25)28(35)21-11-14-23-24(18-21)32(4)26(31(23)3)19-30-22-12-9-20(2)10-13-22/h6,8-14,18,26,30H,5,7,15-17,19H2,1-4H3. The second-order valence-corrected chi connectivity index (χ2v) is 9.10. The minimum atomic E-state index is -0.324. The number of rotatable bonds is 8. The number of nitrogens with one attached hydrogen (secondary N) is 1. The molecular formula is C28H35N5O3. The lowest BCUT2D eigenvalue weighted by Gasteiger charge is -2.28. The highest BCUT2D eigenvalue weighted by molar-refractivity contribution is 6.11. The highest BCUT2D eigenvalue weighted by atomic mass is 16.5. The van der Waals surface area contributed by atoms with Crippen molar-refractivity contribution in [3.8, 4) is 0 Å². The zero-order chi connectivity index (χ0) is 25.7. The number of ether oxygens (including phenoxy) is 1. The topological polar surface area (TPSA) is 77.5 Å². The highest BCUT2D eigenvalue weighted by Gasteiger charge is 2.32. The van der Waals surface area contributed by atoms with Crippen LogP contribution in [0.5, 0.6) is 0 Å². The summed E-state index contributed by atoms with van der Waals surface area (Å²) in [5, 5.41) is 3.52. The molecule has 1 N–H and O–H groups in total. The summed E-state index contributed by atoms with van der Waals surface area (Å²) in [6.45, 7) is 5.74. The fraction of sp³-hybridized carbons (Fsp3) is 0.393. The Kier molecular flexibility index (Phi) is 7.93. The molecule has 1 atom stereocenters. The molecule has 4 rings (SSSR count). The number of amides is 1. The number of benzene rings is 2. The average Bonchev–Trinajstić information content (AvgIpc) is 3.13. The lowest BCUT2D eigenvalue weighted by Crippen LogP contribution is -2.44. The lowest BCUT2D eigenvalue weighted by atomic mass is 10.1. The number of aliphatic imine (C=N–C) groups is 1. The van der Waals surface area contributed by atoms with Crippen LogP contribution in [0.1, 0.15) is 35.7 Å². The van der Waals surface area contributed by atoms with Gasteiger partial charge in [-0.05, 0) is 56.7 Å². The number of amidine groups is 1. The van der Waals surface area contributed by atoms with E-state index in [1.54, 1.807) is 11.8 Å². The molecule has 1 unspecified atom stereocenters. The van der Waals surface area contributed by atoms with Crippen molar-refractivity contribution in [2.24, 2.45) is 4.99 Å². The van der Waals surface area contributed by atoms with Gasteiger partial charge in [0.25, 0.3) is 5.91 Å². The predicted molar refractivity (Wildman–Crippen MR) is 145 cm³/mol. The van der Waals surface area contributed by atoms with E-state index >= 15 is 0 Å². The third kappa shape index (κ3) is 5.53. The minimum absolute atomic E-state index is 0.0947. The van der Waals surface area contributed by atoms with Crippen LogP contribution >= 0.6 is 0 Å². The number of esters is 1. The molecule has 0 spiro atoms. The van der Waals surface area contributed by atoms with Crippen LogP contribution < -0.4 is 15.1 Å². The first-order valence-corrected chi connectivity index (χ1v) is 12.5. The van der Waals surface area contributed by atoms with Crippen LogP contribution in [0, 0.1) is 6.92 Å². The maximum atomic E-state index is 13.6. The van der Waals surface area contributed by atoms with Crippen molar-refractivity contribution in [2.75, 3.05) is 55.5 Å². The fourth-order valence-corrected chi connectivity index (χ4v) is 4.56. The van der Waals surface area contributed by atoms with Gasteiger partial charge in [-0.2, -0.15) is 0 Å². The Balaban J connectivity index is 1.51. The summed E-state index contributed by atoms with van der Waals surface area (Å²) in [5.74, 6) is 0.0845. The highest BCUT2D eigenvalue weighted by Crippen LogP contribution is 2.38. The van der Waals surface area contributed by atoms with E-state index in [1.807, 2.05) is 37.4 Å². The molecular weight excluding hydrogens is 454 g/mol. The molecule has 2 aliphatic rings. The molecule has 0 aliphatic carbocycles. The van der Waals surface area contributed by atoms with E-state index in [4.69, 9.17) is 4.74 Å². The summed E-state index contributed by atoms with van der Waals surface area (Å²) in [4.78, 5) is 36.2. The molecule has 1 amide bonds. The van der Waals surface area contributed by atoms with Gasteiger partial charge in [0.2, 0.25) is 0 Å². The van der Waals surface area contributed by atoms with Gasteiger partial charge >= 0.3 is 5.97 Å². The molecule has 0 radical (unpaired) electrons. The van der Waals surface area contributed by atoms with Gasteiger partial charge in [0.1, 0.15) is 12.0 Å². The molecule has 8 heteroatoms. The van der Waals surface area contributed by atoms with Gasteiger partial charge in [0, 0.05) is 38.4 Å². The Morgan fingerprint density at radius 3 is 2.56 bits per heavy atom. The SMILES string of the molecule is CCOC(=O)CCN(C(=O)c1ccc2c(c1)N(C)C(CNc1ccc(C)cc1)N2C)C1=NCCC=C1. The van der Waals surface area contributed by atoms with Gasteiger partial charge in [-0.15, -0.1) is 0 Å². The first-order valence-electron chi connectivity index (χ1n) is 12.5. The van der Waals surface area contributed by atoms with E-state index in [-0.39, 0.29) is 31.0 Å². The van der Waals surface area contributed by atoms with Crippen LogP contribution in [-0.4, -0.2) is 69.1 Å². The van der Waals surface area contributed by atoms with E-state index in [9.17, 15) is 9.59 Å². The summed E-state index contributed by atoms with van der Waals surface area (Å²) >= 11 is 0. The van der Waals surface area contributed by atoms with Crippen LogP contribution in [0.4, 0.5) is 17.1 Å². The fourth-order valence-electron chi connectivity index (χ4n) is 4.56. The molecule has 0 saturated heterocycles. The molecule has 2 heterocycles. The number of hydrogen-bond acceptors (Lipinski definition) is 7. The summed E-state index contributed by atoms with van der Waals surface area (Å²) in [5.41, 5.74) is 4.92. The first kappa shape index (κ1) is 25.3. The van der Waals surface area contributed by atoms with Crippen molar-refractivity contribution in [2.45, 2.75) is 32.9 Å². The molecule has 0 saturated carbocycles. The van der Waals surface area contributed by atoms with Gasteiger partial charge in [-0.1, -0.05) is 23.8 Å². The molecule has 2 aromatic carbocycles. The Morgan fingerprint density at radius 1 is 1.11 bits per heavy atom. The van der Waals surface area contributed by atoms with Crippen LogP contribution in [0.25, 0.3) is 0 Å². The maximum Gasteiger partial charge on any atom is 0.307 e. The number of dihydropyridines is 1. The summed E-state index contributed by atoms with van der Waals surface area (Å²) in [6.07, 6.45) is 4.91. The van der Waals surface area contributed by atoms with Gasteiger partial charge < -0.3 is 19.9 Å². The quantitative estimate of drug-likeness (QED) is 0.564. The third-order valence-corrected chi connectivity index (χ3v) is 6.62. The van der Waals surface area contributed by atoms with Gasteiger partial charge in [-0.3, -0.25) is 19.5 Å². The first-order chi connectivity index (χ1) is 17.4. The number of carbonyl (C=O) groups is 2. The predicted octanol–water partition coefficient (Wildman–Crippen LogP) is 4.07. The van der Waals surface area contributed by atoms with E-state index < -0.39 is 0 Å². The molecule has 8 nitrogen and oxygen atoms in total. The zero-order valence-electron chi connectivity index (χ0n) is 21.5. The van der Waals surface area contributed by atoms with Crippen molar-refractivity contribution in [1.29, 1.82) is 0 Å². The third-order valence-electron chi connectivity index (χ3n) is 6.62. The van der Waals surface area contributed by atoms with Crippen LogP contribution in [0.3, 0.4) is 0 Å². The van der Waals surface area contributed by atoms with Crippen molar-refractivity contribution in [3.05, 3.63) is 65.7 Å². The Bertz CT molecular complexity index is 1160. The van der Waals surface area contributed by atoms with Crippen molar-refractivity contribution >= 4 is 34.8 Å². The summed E-state index contributed by atoms with van der Waals surface area (Å²) in [6, 6.07) is 14.1. The molecule has 0 aromatic heterocycles. The van der Waals surface area contributed by atoms with Crippen molar-refractivity contribution in [1.82, 2.24) is 4.90 Å². The molecule has 2 aromatic rings. The zero-order valence-corrected chi connectivity index (χ0v) is 21.5. The maximum absolute atomic E-state index is 13.6.